The Morgan fingerprint density at radius 1 is 0.588 bits per heavy atom. The van der Waals surface area contributed by atoms with Crippen LogP contribution in [0.5, 0.6) is 0 Å². The quantitative estimate of drug-likeness (QED) is 0.199. The van der Waals surface area contributed by atoms with E-state index in [1.54, 1.807) is 0 Å². The fourth-order valence-electron chi connectivity index (χ4n) is 7.87. The summed E-state index contributed by atoms with van der Waals surface area (Å²) in [6.45, 7) is 0.844. The van der Waals surface area contributed by atoms with Crippen molar-refractivity contribution >= 4 is 51.0 Å². The molecule has 0 amide bonds. The molecule has 1 aliphatic carbocycles. The molecule has 6 aromatic carbocycles. The zero-order valence-corrected chi connectivity index (χ0v) is 29.5. The van der Waals surface area contributed by atoms with Crippen LogP contribution in [0.4, 0.5) is 0 Å². The second kappa shape index (κ2) is 12.7. The Bertz CT molecular complexity index is 2610. The average Bonchev–Trinajstić information content (AvgIpc) is 3.53. The molecular formula is C47H34N2S2. The summed E-state index contributed by atoms with van der Waals surface area (Å²) in [6.07, 6.45) is 15.7. The van der Waals surface area contributed by atoms with Crippen LogP contribution in [0, 0.1) is 0 Å². The van der Waals surface area contributed by atoms with Crippen molar-refractivity contribution in [3.8, 4) is 27.9 Å². The standard InChI is InChI=1S/C47H34N2S2/c1-2-13-33(14-3-1)49-41-20-7-4-15-35(41)36-26-24-31(29-42(36)49)34-18-12-23-45-47(34)39-27-25-32(40-19-10-11-28-48-40)30-46(39)51-44-22-9-6-17-38(44)37-16-5-8-21-43(37)50-45/h1-27,29-30,38,44,48H,28H2. The number of nitrogens with one attached hydrogen (secondary N) is 1. The SMILES string of the molecule is C1=CCNC(c2ccc3c(c2)SC2C=CC=CC2c2ccccc2Sc2cccc(-c4ccc5c6ccccc6n(-c6ccccc6)c5c4)c2-3)=C1. The third-order valence-electron chi connectivity index (χ3n) is 10.2. The Morgan fingerprint density at radius 3 is 2.31 bits per heavy atom. The smallest absolute Gasteiger partial charge is 0.0547 e. The molecule has 0 bridgehead atoms. The second-order valence-corrected chi connectivity index (χ2v) is 15.5. The highest BCUT2D eigenvalue weighted by molar-refractivity contribution is 8.00. The molecule has 7 aromatic rings. The Balaban J connectivity index is 1.24. The highest BCUT2D eigenvalue weighted by atomic mass is 32.2. The van der Waals surface area contributed by atoms with E-state index in [-0.39, 0.29) is 11.2 Å². The first-order valence-electron chi connectivity index (χ1n) is 17.6. The van der Waals surface area contributed by atoms with Crippen LogP contribution in [0.3, 0.4) is 0 Å². The molecule has 244 valence electrons. The van der Waals surface area contributed by atoms with Crippen molar-refractivity contribution < 1.29 is 0 Å². The summed E-state index contributed by atoms with van der Waals surface area (Å²) in [5, 5.41) is 6.40. The molecule has 2 nitrogen and oxygen atoms in total. The van der Waals surface area contributed by atoms with Gasteiger partial charge in [-0.25, -0.2) is 0 Å². The molecule has 0 fully saturated rings. The fraction of sp³-hybridized carbons (Fsp3) is 0.0638. The number of dihydropyridines is 1. The maximum absolute atomic E-state index is 3.60. The van der Waals surface area contributed by atoms with Crippen molar-refractivity contribution in [2.45, 2.75) is 25.9 Å². The number of thioether (sulfide) groups is 1. The molecule has 4 heteroatoms. The van der Waals surface area contributed by atoms with E-state index >= 15 is 0 Å². The number of hydrogen-bond acceptors (Lipinski definition) is 3. The van der Waals surface area contributed by atoms with Crippen LogP contribution >= 0.6 is 23.5 Å². The topological polar surface area (TPSA) is 17.0 Å². The number of benzene rings is 6. The van der Waals surface area contributed by atoms with Crippen LogP contribution in [-0.2, 0) is 0 Å². The predicted octanol–water partition coefficient (Wildman–Crippen LogP) is 12.5. The van der Waals surface area contributed by atoms with E-state index in [0.717, 1.165) is 6.54 Å². The second-order valence-electron chi connectivity index (χ2n) is 13.2. The maximum atomic E-state index is 3.60. The molecule has 0 saturated heterocycles. The number of aromatic nitrogens is 1. The van der Waals surface area contributed by atoms with Gasteiger partial charge in [0.25, 0.3) is 0 Å². The average molecular weight is 691 g/mol. The number of fused-ring (bicyclic) bond motifs is 9. The first-order chi connectivity index (χ1) is 25.3. The summed E-state index contributed by atoms with van der Waals surface area (Å²) in [7, 11) is 0. The number of allylic oxidation sites excluding steroid dienone is 5. The molecule has 1 N–H and O–H groups in total. The van der Waals surface area contributed by atoms with Gasteiger partial charge in [-0.2, -0.15) is 0 Å². The third-order valence-corrected chi connectivity index (χ3v) is 12.7. The van der Waals surface area contributed by atoms with E-state index in [4.69, 9.17) is 0 Å². The van der Waals surface area contributed by atoms with E-state index < -0.39 is 0 Å². The molecule has 2 aliphatic heterocycles. The van der Waals surface area contributed by atoms with Gasteiger partial charge in [0.05, 0.1) is 11.0 Å². The number of rotatable bonds is 3. The van der Waals surface area contributed by atoms with Crippen LogP contribution in [-0.4, -0.2) is 16.4 Å². The molecule has 0 radical (unpaired) electrons. The van der Waals surface area contributed by atoms with Gasteiger partial charge in [0, 0.05) is 60.1 Å². The zero-order valence-electron chi connectivity index (χ0n) is 27.9. The third kappa shape index (κ3) is 5.29. The number of nitrogens with zero attached hydrogens (tertiary/aromatic N) is 1. The maximum Gasteiger partial charge on any atom is 0.0547 e. The first-order valence-corrected chi connectivity index (χ1v) is 19.3. The summed E-state index contributed by atoms with van der Waals surface area (Å²) in [5.74, 6) is 0.280. The minimum atomic E-state index is 0.269. The zero-order chi connectivity index (χ0) is 33.7. The van der Waals surface area contributed by atoms with Crippen LogP contribution in [0.2, 0.25) is 0 Å². The Kier molecular flexibility index (Phi) is 7.59. The van der Waals surface area contributed by atoms with Crippen molar-refractivity contribution in [1.29, 1.82) is 0 Å². The van der Waals surface area contributed by atoms with Crippen molar-refractivity contribution in [2.75, 3.05) is 6.54 Å². The lowest BCUT2D eigenvalue weighted by atomic mass is 9.92. The highest BCUT2D eigenvalue weighted by Gasteiger charge is 2.29. The van der Waals surface area contributed by atoms with Gasteiger partial charge < -0.3 is 9.88 Å². The fourth-order valence-corrected chi connectivity index (χ4v) is 10.4. The van der Waals surface area contributed by atoms with Crippen molar-refractivity contribution in [2.24, 2.45) is 0 Å². The Hall–Kier alpha value is -5.42. The van der Waals surface area contributed by atoms with E-state index in [2.05, 4.69) is 186 Å². The molecule has 0 spiro atoms. The summed E-state index contributed by atoms with van der Waals surface area (Å²) >= 11 is 3.89. The van der Waals surface area contributed by atoms with Crippen molar-refractivity contribution in [1.82, 2.24) is 9.88 Å². The molecule has 3 heterocycles. The Morgan fingerprint density at radius 2 is 1.39 bits per heavy atom. The van der Waals surface area contributed by atoms with Crippen LogP contribution in [0.25, 0.3) is 55.4 Å². The van der Waals surface area contributed by atoms with Gasteiger partial charge in [0.15, 0.2) is 0 Å². The lowest BCUT2D eigenvalue weighted by Crippen LogP contribution is -2.16. The summed E-state index contributed by atoms with van der Waals surface area (Å²) in [4.78, 5) is 3.88. The molecule has 2 atom stereocenters. The van der Waals surface area contributed by atoms with Crippen LogP contribution in [0.15, 0.2) is 191 Å². The lowest BCUT2D eigenvalue weighted by molar-refractivity contribution is 0.847. The van der Waals surface area contributed by atoms with Crippen LogP contribution in [0.1, 0.15) is 17.0 Å². The van der Waals surface area contributed by atoms with E-state index in [9.17, 15) is 0 Å². The van der Waals surface area contributed by atoms with Gasteiger partial charge >= 0.3 is 0 Å². The molecule has 0 saturated carbocycles. The summed E-state index contributed by atoms with van der Waals surface area (Å²) in [5.41, 5.74) is 12.4. The normalized spacial score (nSPS) is 17.6. The van der Waals surface area contributed by atoms with E-state index in [1.165, 1.54) is 81.3 Å². The number of para-hydroxylation sites is 2. The summed E-state index contributed by atoms with van der Waals surface area (Å²) < 4.78 is 2.42. The molecule has 3 aliphatic rings. The minimum Gasteiger partial charge on any atom is -0.381 e. The van der Waals surface area contributed by atoms with Gasteiger partial charge in [-0.3, -0.25) is 0 Å². The predicted molar refractivity (Wildman–Crippen MR) is 218 cm³/mol. The van der Waals surface area contributed by atoms with Gasteiger partial charge in [0.2, 0.25) is 0 Å². The molecule has 1 aromatic heterocycles. The molecular weight excluding hydrogens is 657 g/mol. The van der Waals surface area contributed by atoms with Gasteiger partial charge in [-0.1, -0.05) is 139 Å². The Labute approximate surface area is 306 Å². The summed E-state index contributed by atoms with van der Waals surface area (Å²) in [6, 6.07) is 49.5. The largest absolute Gasteiger partial charge is 0.381 e. The molecule has 10 rings (SSSR count). The first kappa shape index (κ1) is 30.4. The highest BCUT2D eigenvalue weighted by Crippen LogP contribution is 2.51. The molecule has 2 unspecified atom stereocenters. The van der Waals surface area contributed by atoms with Gasteiger partial charge in [-0.15, -0.1) is 11.8 Å². The van der Waals surface area contributed by atoms with E-state index in [0.29, 0.717) is 0 Å². The van der Waals surface area contributed by atoms with E-state index in [1.807, 2.05) is 23.5 Å². The van der Waals surface area contributed by atoms with Gasteiger partial charge in [0.1, 0.15) is 0 Å². The van der Waals surface area contributed by atoms with Crippen molar-refractivity contribution in [3.05, 3.63) is 187 Å². The van der Waals surface area contributed by atoms with Crippen LogP contribution < -0.4 is 5.32 Å². The monoisotopic (exact) mass is 690 g/mol. The lowest BCUT2D eigenvalue weighted by Gasteiger charge is -2.29. The van der Waals surface area contributed by atoms with Crippen molar-refractivity contribution in [3.63, 3.8) is 0 Å². The molecule has 51 heavy (non-hydrogen) atoms. The van der Waals surface area contributed by atoms with Gasteiger partial charge in [-0.05, 0) is 76.4 Å². The minimum absolute atomic E-state index is 0.269. The number of hydrogen-bond donors (Lipinski definition) is 1.